The number of aryl methyl sites for hydroxylation is 2. The van der Waals surface area contributed by atoms with Crippen LogP contribution in [0.25, 0.3) is 0 Å². The van der Waals surface area contributed by atoms with Crippen molar-refractivity contribution in [3.63, 3.8) is 0 Å². The SMILES string of the molecule is Cc1n[nH]c(C)c1CCCNc1nc2c(c(=O)[nH]1)CCNC2.Cl.Cl. The van der Waals surface area contributed by atoms with Crippen LogP contribution in [0.15, 0.2) is 4.79 Å². The minimum Gasteiger partial charge on any atom is -0.356 e. The van der Waals surface area contributed by atoms with Crippen molar-refractivity contribution in [3.05, 3.63) is 38.6 Å². The Labute approximate surface area is 153 Å². The summed E-state index contributed by atoms with van der Waals surface area (Å²) in [4.78, 5) is 19.3. The molecule has 2 aromatic heterocycles. The maximum absolute atomic E-state index is 12.0. The van der Waals surface area contributed by atoms with E-state index in [0.717, 1.165) is 55.0 Å². The minimum absolute atomic E-state index is 0. The summed E-state index contributed by atoms with van der Waals surface area (Å²) in [6.07, 6.45) is 2.66. The molecule has 4 N–H and O–H groups in total. The molecule has 9 heteroatoms. The van der Waals surface area contributed by atoms with Gasteiger partial charge >= 0.3 is 0 Å². The summed E-state index contributed by atoms with van der Waals surface area (Å²) in [6, 6.07) is 0. The number of nitrogens with one attached hydrogen (secondary N) is 4. The third-order valence-corrected chi connectivity index (χ3v) is 4.12. The number of fused-ring (bicyclic) bond motifs is 1. The quantitative estimate of drug-likeness (QED) is 0.596. The molecule has 0 unspecified atom stereocenters. The highest BCUT2D eigenvalue weighted by Crippen LogP contribution is 2.12. The van der Waals surface area contributed by atoms with Crippen LogP contribution in [0.4, 0.5) is 5.95 Å². The fraction of sp³-hybridized carbons (Fsp3) is 0.533. The van der Waals surface area contributed by atoms with Gasteiger partial charge in [0.1, 0.15) is 0 Å². The fourth-order valence-corrected chi connectivity index (χ4v) is 2.87. The Hall–Kier alpha value is -1.57. The van der Waals surface area contributed by atoms with Crippen molar-refractivity contribution in [1.29, 1.82) is 0 Å². The van der Waals surface area contributed by atoms with E-state index in [4.69, 9.17) is 0 Å². The minimum atomic E-state index is -0.0180. The lowest BCUT2D eigenvalue weighted by Gasteiger charge is -2.16. The molecule has 0 spiro atoms. The molecule has 3 heterocycles. The number of rotatable bonds is 5. The van der Waals surface area contributed by atoms with Gasteiger partial charge in [0, 0.05) is 24.3 Å². The number of nitrogens with zero attached hydrogens (tertiary/aromatic N) is 2. The highest BCUT2D eigenvalue weighted by atomic mass is 35.5. The first-order valence-corrected chi connectivity index (χ1v) is 7.72. The molecule has 0 atom stereocenters. The maximum Gasteiger partial charge on any atom is 0.255 e. The first-order chi connectivity index (χ1) is 10.6. The molecule has 0 fully saturated rings. The van der Waals surface area contributed by atoms with Gasteiger partial charge in [-0.05, 0) is 45.2 Å². The Kier molecular flexibility index (Phi) is 7.72. The highest BCUT2D eigenvalue weighted by molar-refractivity contribution is 5.85. The molecule has 0 amide bonds. The normalized spacial score (nSPS) is 12.8. The van der Waals surface area contributed by atoms with E-state index in [-0.39, 0.29) is 30.4 Å². The lowest BCUT2D eigenvalue weighted by atomic mass is 10.1. The molecule has 3 rings (SSSR count). The summed E-state index contributed by atoms with van der Waals surface area (Å²) in [7, 11) is 0. The van der Waals surface area contributed by atoms with E-state index >= 15 is 0 Å². The van der Waals surface area contributed by atoms with Crippen molar-refractivity contribution in [2.75, 3.05) is 18.4 Å². The number of aromatic amines is 2. The molecule has 134 valence electrons. The molecule has 0 aliphatic carbocycles. The zero-order valence-corrected chi connectivity index (χ0v) is 15.5. The van der Waals surface area contributed by atoms with Crippen LogP contribution >= 0.6 is 24.8 Å². The van der Waals surface area contributed by atoms with Gasteiger partial charge < -0.3 is 10.6 Å². The van der Waals surface area contributed by atoms with Gasteiger partial charge in [0.05, 0.1) is 11.4 Å². The summed E-state index contributed by atoms with van der Waals surface area (Å²) >= 11 is 0. The van der Waals surface area contributed by atoms with E-state index in [0.29, 0.717) is 12.5 Å². The van der Waals surface area contributed by atoms with Crippen LogP contribution in [0.5, 0.6) is 0 Å². The number of aromatic nitrogens is 4. The Morgan fingerprint density at radius 3 is 2.75 bits per heavy atom. The van der Waals surface area contributed by atoms with E-state index in [1.807, 2.05) is 13.8 Å². The second-order valence-electron chi connectivity index (χ2n) is 5.71. The molecule has 0 radical (unpaired) electrons. The summed E-state index contributed by atoms with van der Waals surface area (Å²) in [6.45, 7) is 6.33. The molecule has 7 nitrogen and oxygen atoms in total. The first-order valence-electron chi connectivity index (χ1n) is 7.72. The third-order valence-electron chi connectivity index (χ3n) is 4.12. The highest BCUT2D eigenvalue weighted by Gasteiger charge is 2.14. The van der Waals surface area contributed by atoms with Crippen LogP contribution in [0.2, 0.25) is 0 Å². The first kappa shape index (κ1) is 20.5. The molecule has 0 bridgehead atoms. The number of H-pyrrole nitrogens is 2. The van der Waals surface area contributed by atoms with Gasteiger partial charge in [0.15, 0.2) is 0 Å². The van der Waals surface area contributed by atoms with Gasteiger partial charge in [-0.3, -0.25) is 14.9 Å². The molecule has 0 saturated carbocycles. The molecule has 24 heavy (non-hydrogen) atoms. The van der Waals surface area contributed by atoms with Crippen LogP contribution in [-0.4, -0.2) is 33.3 Å². The molecule has 1 aliphatic heterocycles. The van der Waals surface area contributed by atoms with E-state index in [1.165, 1.54) is 5.56 Å². The summed E-state index contributed by atoms with van der Waals surface area (Å²) < 4.78 is 0. The van der Waals surface area contributed by atoms with Crippen molar-refractivity contribution < 1.29 is 0 Å². The lowest BCUT2D eigenvalue weighted by Crippen LogP contribution is -2.31. The largest absolute Gasteiger partial charge is 0.356 e. The Morgan fingerprint density at radius 1 is 1.25 bits per heavy atom. The molecule has 0 aromatic carbocycles. The Balaban J connectivity index is 0.00000144. The standard InChI is InChI=1S/C15H22N6O.2ClH/c1-9-11(10(2)21-20-9)4-3-6-17-15-18-13-8-16-7-5-12(13)14(22)19-15;;/h16H,3-8H2,1-2H3,(H,20,21)(H2,17,18,19,22);2*1H. The predicted octanol–water partition coefficient (Wildman–Crippen LogP) is 1.64. The lowest BCUT2D eigenvalue weighted by molar-refractivity contribution is 0.619. The summed E-state index contributed by atoms with van der Waals surface area (Å²) in [5.74, 6) is 0.563. The smallest absolute Gasteiger partial charge is 0.255 e. The van der Waals surface area contributed by atoms with Crippen LogP contribution in [-0.2, 0) is 19.4 Å². The zero-order chi connectivity index (χ0) is 15.5. The monoisotopic (exact) mass is 374 g/mol. The number of halogens is 2. The van der Waals surface area contributed by atoms with E-state index in [2.05, 4.69) is 30.8 Å². The van der Waals surface area contributed by atoms with Crippen LogP contribution < -0.4 is 16.2 Å². The second kappa shape index (κ2) is 9.05. The van der Waals surface area contributed by atoms with Gasteiger partial charge in [-0.15, -0.1) is 24.8 Å². The zero-order valence-electron chi connectivity index (χ0n) is 13.9. The topological polar surface area (TPSA) is 98.5 Å². The maximum atomic E-state index is 12.0. The van der Waals surface area contributed by atoms with Crippen molar-refractivity contribution >= 4 is 30.8 Å². The number of hydrogen-bond donors (Lipinski definition) is 4. The number of hydrogen-bond acceptors (Lipinski definition) is 5. The van der Waals surface area contributed by atoms with Crippen molar-refractivity contribution in [1.82, 2.24) is 25.5 Å². The molecule has 1 aliphatic rings. The summed E-state index contributed by atoms with van der Waals surface area (Å²) in [5, 5.41) is 13.7. The third kappa shape index (κ3) is 4.49. The molecule has 0 saturated heterocycles. The summed E-state index contributed by atoms with van der Waals surface area (Å²) in [5.41, 5.74) is 5.12. The molecular formula is C15H24Cl2N6O. The molecular weight excluding hydrogens is 351 g/mol. The van der Waals surface area contributed by atoms with Crippen LogP contribution in [0.3, 0.4) is 0 Å². The molecule has 2 aromatic rings. The fourth-order valence-electron chi connectivity index (χ4n) is 2.87. The van der Waals surface area contributed by atoms with E-state index < -0.39 is 0 Å². The van der Waals surface area contributed by atoms with E-state index in [1.54, 1.807) is 0 Å². The average Bonchev–Trinajstić information content (AvgIpc) is 2.83. The number of anilines is 1. The van der Waals surface area contributed by atoms with Crippen molar-refractivity contribution in [2.45, 2.75) is 39.7 Å². The second-order valence-corrected chi connectivity index (χ2v) is 5.71. The Morgan fingerprint density at radius 2 is 2.04 bits per heavy atom. The Bertz CT molecular complexity index is 708. The van der Waals surface area contributed by atoms with Crippen LogP contribution in [0, 0.1) is 13.8 Å². The van der Waals surface area contributed by atoms with Gasteiger partial charge in [0.25, 0.3) is 5.56 Å². The van der Waals surface area contributed by atoms with Crippen molar-refractivity contribution in [3.8, 4) is 0 Å². The van der Waals surface area contributed by atoms with Gasteiger partial charge in [-0.2, -0.15) is 5.10 Å². The van der Waals surface area contributed by atoms with Crippen LogP contribution in [0.1, 0.15) is 34.6 Å². The van der Waals surface area contributed by atoms with E-state index in [9.17, 15) is 4.79 Å². The average molecular weight is 375 g/mol. The van der Waals surface area contributed by atoms with Crippen molar-refractivity contribution in [2.24, 2.45) is 0 Å². The predicted molar refractivity (Wildman–Crippen MR) is 99.6 cm³/mol. The van der Waals surface area contributed by atoms with Gasteiger partial charge in [-0.1, -0.05) is 0 Å². The van der Waals surface area contributed by atoms with Gasteiger partial charge in [-0.25, -0.2) is 4.98 Å². The van der Waals surface area contributed by atoms with Gasteiger partial charge in [0.2, 0.25) is 5.95 Å².